The summed E-state index contributed by atoms with van der Waals surface area (Å²) in [6.45, 7) is 1.75. The zero-order valence-electron chi connectivity index (χ0n) is 11.8. The normalized spacial score (nSPS) is 16.6. The fraction of sp³-hybridized carbons (Fsp3) is 0.429. The molecule has 2 heterocycles. The summed E-state index contributed by atoms with van der Waals surface area (Å²) in [5.41, 5.74) is 0.162. The molecular formula is C14H17N5O2. The summed E-state index contributed by atoms with van der Waals surface area (Å²) in [5.74, 6) is 1.06. The number of hydrogen-bond acceptors (Lipinski definition) is 5. The number of anilines is 1. The average Bonchev–Trinajstić information content (AvgIpc) is 3.10. The van der Waals surface area contributed by atoms with Crippen molar-refractivity contribution in [3.63, 3.8) is 0 Å². The van der Waals surface area contributed by atoms with E-state index in [-0.39, 0.29) is 6.03 Å². The van der Waals surface area contributed by atoms with Crippen molar-refractivity contribution in [2.24, 2.45) is 0 Å². The van der Waals surface area contributed by atoms with E-state index in [1.807, 2.05) is 0 Å². The van der Waals surface area contributed by atoms with Gasteiger partial charge in [0.05, 0.1) is 0 Å². The number of hydrogen-bond donors (Lipinski definition) is 2. The second-order valence-corrected chi connectivity index (χ2v) is 5.24. The van der Waals surface area contributed by atoms with Gasteiger partial charge in [-0.1, -0.05) is 18.0 Å². The van der Waals surface area contributed by atoms with Gasteiger partial charge < -0.3 is 15.2 Å². The first-order chi connectivity index (χ1) is 10.2. The summed E-state index contributed by atoms with van der Waals surface area (Å²) in [4.78, 5) is 20.4. The maximum absolute atomic E-state index is 12.2. The Kier molecular flexibility index (Phi) is 3.55. The first-order valence-electron chi connectivity index (χ1n) is 6.98. The molecule has 0 radical (unpaired) electrons. The van der Waals surface area contributed by atoms with Crippen LogP contribution in [0.2, 0.25) is 0 Å². The van der Waals surface area contributed by atoms with Crippen LogP contribution in [0.25, 0.3) is 0 Å². The lowest BCUT2D eigenvalue weighted by Gasteiger charge is -2.26. The highest BCUT2D eigenvalue weighted by molar-refractivity contribution is 5.89. The molecule has 2 aromatic rings. The summed E-state index contributed by atoms with van der Waals surface area (Å²) < 4.78 is 5.06. The molecule has 7 heteroatoms. The zero-order chi connectivity index (χ0) is 14.7. The molecule has 0 aliphatic heterocycles. The van der Waals surface area contributed by atoms with E-state index in [2.05, 4.69) is 25.8 Å². The highest BCUT2D eigenvalue weighted by Crippen LogP contribution is 2.37. The number of aromatic nitrogens is 3. The predicted molar refractivity (Wildman–Crippen MR) is 75.6 cm³/mol. The van der Waals surface area contributed by atoms with Crippen molar-refractivity contribution in [1.82, 2.24) is 20.4 Å². The Balaban J connectivity index is 1.75. The molecule has 7 nitrogen and oxygen atoms in total. The first kappa shape index (κ1) is 13.5. The first-order valence-corrected chi connectivity index (χ1v) is 6.98. The summed E-state index contributed by atoms with van der Waals surface area (Å²) in [6.07, 6.45) is 6.95. The molecule has 1 saturated carbocycles. The SMILES string of the molecule is Cc1nc(C2(NC(=O)Nc3ccncc3)CCCC2)no1. The molecule has 1 fully saturated rings. The number of carbonyl (C=O) groups is 1. The lowest BCUT2D eigenvalue weighted by atomic mass is 9.97. The van der Waals surface area contributed by atoms with Crippen LogP contribution in [0.1, 0.15) is 37.4 Å². The van der Waals surface area contributed by atoms with Crippen molar-refractivity contribution in [2.45, 2.75) is 38.1 Å². The maximum Gasteiger partial charge on any atom is 0.320 e. The van der Waals surface area contributed by atoms with E-state index in [9.17, 15) is 4.79 Å². The van der Waals surface area contributed by atoms with Gasteiger partial charge in [-0.3, -0.25) is 4.98 Å². The van der Waals surface area contributed by atoms with Crippen molar-refractivity contribution in [1.29, 1.82) is 0 Å². The molecule has 21 heavy (non-hydrogen) atoms. The van der Waals surface area contributed by atoms with Crippen molar-refractivity contribution in [3.8, 4) is 0 Å². The monoisotopic (exact) mass is 287 g/mol. The largest absolute Gasteiger partial charge is 0.340 e. The van der Waals surface area contributed by atoms with Crippen LogP contribution in [-0.2, 0) is 5.54 Å². The maximum atomic E-state index is 12.2. The van der Waals surface area contributed by atoms with Crippen molar-refractivity contribution < 1.29 is 9.32 Å². The number of nitrogens with zero attached hydrogens (tertiary/aromatic N) is 3. The molecule has 1 aliphatic carbocycles. The van der Waals surface area contributed by atoms with Gasteiger partial charge in [0, 0.05) is 25.0 Å². The van der Waals surface area contributed by atoms with E-state index >= 15 is 0 Å². The lowest BCUT2D eigenvalue weighted by molar-refractivity contribution is 0.232. The van der Waals surface area contributed by atoms with Crippen LogP contribution in [0.15, 0.2) is 29.0 Å². The molecule has 0 atom stereocenters. The number of nitrogens with one attached hydrogen (secondary N) is 2. The third kappa shape index (κ3) is 2.86. The Bertz CT molecular complexity index is 619. The minimum absolute atomic E-state index is 0.273. The highest BCUT2D eigenvalue weighted by Gasteiger charge is 2.41. The molecule has 0 unspecified atom stereocenters. The van der Waals surface area contributed by atoms with Gasteiger partial charge in [-0.2, -0.15) is 4.98 Å². The number of rotatable bonds is 3. The fourth-order valence-corrected chi connectivity index (χ4v) is 2.69. The van der Waals surface area contributed by atoms with E-state index in [4.69, 9.17) is 4.52 Å². The van der Waals surface area contributed by atoms with Gasteiger partial charge in [0.1, 0.15) is 5.54 Å². The van der Waals surface area contributed by atoms with Crippen LogP contribution in [0, 0.1) is 6.92 Å². The van der Waals surface area contributed by atoms with Crippen molar-refractivity contribution in [2.75, 3.05) is 5.32 Å². The number of aryl methyl sites for hydroxylation is 1. The van der Waals surface area contributed by atoms with Crippen LogP contribution < -0.4 is 10.6 Å². The molecule has 0 saturated heterocycles. The van der Waals surface area contributed by atoms with Gasteiger partial charge in [-0.05, 0) is 25.0 Å². The van der Waals surface area contributed by atoms with Crippen molar-refractivity contribution in [3.05, 3.63) is 36.2 Å². The quantitative estimate of drug-likeness (QED) is 0.904. The Hall–Kier alpha value is -2.44. The summed E-state index contributed by atoms with van der Waals surface area (Å²) >= 11 is 0. The van der Waals surface area contributed by atoms with E-state index in [0.29, 0.717) is 17.4 Å². The molecule has 2 aromatic heterocycles. The second kappa shape index (κ2) is 5.51. The van der Waals surface area contributed by atoms with E-state index in [0.717, 1.165) is 25.7 Å². The molecule has 0 bridgehead atoms. The Morgan fingerprint density at radius 1 is 1.29 bits per heavy atom. The minimum atomic E-state index is -0.533. The van der Waals surface area contributed by atoms with E-state index < -0.39 is 5.54 Å². The molecule has 110 valence electrons. The van der Waals surface area contributed by atoms with Gasteiger partial charge >= 0.3 is 6.03 Å². The molecule has 2 amide bonds. The van der Waals surface area contributed by atoms with E-state index in [1.54, 1.807) is 31.5 Å². The van der Waals surface area contributed by atoms with Crippen LogP contribution in [0.4, 0.5) is 10.5 Å². The van der Waals surface area contributed by atoms with Gasteiger partial charge in [-0.15, -0.1) is 0 Å². The number of amides is 2. The molecule has 2 N–H and O–H groups in total. The van der Waals surface area contributed by atoms with Crippen LogP contribution in [0.5, 0.6) is 0 Å². The Morgan fingerprint density at radius 2 is 2.00 bits per heavy atom. The van der Waals surface area contributed by atoms with Crippen molar-refractivity contribution >= 4 is 11.7 Å². The average molecular weight is 287 g/mol. The highest BCUT2D eigenvalue weighted by atomic mass is 16.5. The summed E-state index contributed by atoms with van der Waals surface area (Å²) in [7, 11) is 0. The minimum Gasteiger partial charge on any atom is -0.340 e. The zero-order valence-corrected chi connectivity index (χ0v) is 11.8. The van der Waals surface area contributed by atoms with Gasteiger partial charge in [0.25, 0.3) is 0 Å². The summed E-state index contributed by atoms with van der Waals surface area (Å²) in [6, 6.07) is 3.20. The molecule has 1 aliphatic rings. The topological polar surface area (TPSA) is 92.9 Å². The molecular weight excluding hydrogens is 270 g/mol. The molecule has 3 rings (SSSR count). The second-order valence-electron chi connectivity index (χ2n) is 5.24. The number of urea groups is 1. The molecule has 0 aromatic carbocycles. The van der Waals surface area contributed by atoms with Crippen LogP contribution in [-0.4, -0.2) is 21.2 Å². The third-order valence-corrected chi connectivity index (χ3v) is 3.70. The Morgan fingerprint density at radius 3 is 2.62 bits per heavy atom. The van der Waals surface area contributed by atoms with E-state index in [1.165, 1.54) is 0 Å². The standard InChI is InChI=1S/C14H17N5O2/c1-10-16-12(19-21-10)14(6-2-3-7-14)18-13(20)17-11-4-8-15-9-5-11/h4-5,8-9H,2-3,6-7H2,1H3,(H2,15,17,18,20). The summed E-state index contributed by atoms with van der Waals surface area (Å²) in [5, 5.41) is 9.80. The van der Waals surface area contributed by atoms with Gasteiger partial charge in [-0.25, -0.2) is 4.79 Å². The number of pyridine rings is 1. The van der Waals surface area contributed by atoms with Crippen LogP contribution in [0.3, 0.4) is 0 Å². The lowest BCUT2D eigenvalue weighted by Crippen LogP contribution is -2.46. The van der Waals surface area contributed by atoms with Gasteiger partial charge in [0.15, 0.2) is 5.82 Å². The molecule has 0 spiro atoms. The Labute approximate surface area is 122 Å². The number of carbonyl (C=O) groups excluding carboxylic acids is 1. The smallest absolute Gasteiger partial charge is 0.320 e. The van der Waals surface area contributed by atoms with Gasteiger partial charge in [0.2, 0.25) is 5.89 Å². The third-order valence-electron chi connectivity index (χ3n) is 3.70. The van der Waals surface area contributed by atoms with Crippen LogP contribution >= 0.6 is 0 Å². The predicted octanol–water partition coefficient (Wildman–Crippen LogP) is 2.36. The fourth-order valence-electron chi connectivity index (χ4n) is 2.69.